The third-order valence-electron chi connectivity index (χ3n) is 4.02. The highest BCUT2D eigenvalue weighted by Crippen LogP contribution is 2.30. The zero-order chi connectivity index (χ0) is 16.7. The molecule has 120 valence electrons. The monoisotopic (exact) mass is 416 g/mol. The number of hydrogen-bond donors (Lipinski definition) is 0. The molecule has 0 fully saturated rings. The lowest BCUT2D eigenvalue weighted by molar-refractivity contribution is 1.02. The summed E-state index contributed by atoms with van der Waals surface area (Å²) in [4.78, 5) is 4.93. The lowest BCUT2D eigenvalue weighted by atomic mass is 10.1. The maximum atomic E-state index is 6.20. The normalized spacial score (nSPS) is 11.3. The van der Waals surface area contributed by atoms with Crippen LogP contribution in [0.15, 0.2) is 57.8 Å². The fourth-order valence-electron chi connectivity index (χ4n) is 2.94. The Hall–Kier alpha value is -1.62. The van der Waals surface area contributed by atoms with Crippen molar-refractivity contribution in [1.29, 1.82) is 0 Å². The van der Waals surface area contributed by atoms with Gasteiger partial charge in [0, 0.05) is 27.7 Å². The van der Waals surface area contributed by atoms with Crippen molar-refractivity contribution >= 4 is 44.5 Å². The van der Waals surface area contributed by atoms with Crippen LogP contribution in [0.5, 0.6) is 0 Å². The van der Waals surface area contributed by atoms with E-state index in [4.69, 9.17) is 16.6 Å². The molecular weight excluding hydrogens is 404 g/mol. The second kappa shape index (κ2) is 6.36. The molecule has 0 radical (unpaired) electrons. The van der Waals surface area contributed by atoms with Gasteiger partial charge in [-0.3, -0.25) is 0 Å². The van der Waals surface area contributed by atoms with Crippen LogP contribution >= 0.6 is 38.9 Å². The Balaban J connectivity index is 1.99. The number of halogens is 2. The molecule has 3 aromatic heterocycles. The van der Waals surface area contributed by atoms with Gasteiger partial charge in [-0.05, 0) is 69.0 Å². The van der Waals surface area contributed by atoms with Gasteiger partial charge < -0.3 is 4.40 Å². The molecule has 0 atom stereocenters. The molecule has 0 saturated carbocycles. The number of fused-ring (bicyclic) bond motifs is 1. The van der Waals surface area contributed by atoms with E-state index in [1.807, 2.05) is 18.2 Å². The zero-order valence-corrected chi connectivity index (χ0v) is 16.1. The standard InChI is InChI=1S/C19H14BrClN2S/c1-12-7-15(20)10-23-17(8-13-5-6-24-11-13)18(22-19(12)23)14-3-2-4-16(21)9-14/h2-7,9-11H,8H2,1H3. The van der Waals surface area contributed by atoms with Crippen molar-refractivity contribution in [2.24, 2.45) is 0 Å². The molecule has 0 N–H and O–H groups in total. The van der Waals surface area contributed by atoms with E-state index in [1.165, 1.54) is 11.3 Å². The van der Waals surface area contributed by atoms with Crippen molar-refractivity contribution in [2.45, 2.75) is 13.3 Å². The van der Waals surface area contributed by atoms with E-state index < -0.39 is 0 Å². The van der Waals surface area contributed by atoms with Gasteiger partial charge in [0.2, 0.25) is 0 Å². The Morgan fingerprint density at radius 3 is 2.88 bits per heavy atom. The average molecular weight is 418 g/mol. The smallest absolute Gasteiger partial charge is 0.140 e. The lowest BCUT2D eigenvalue weighted by Gasteiger charge is -2.06. The van der Waals surface area contributed by atoms with Crippen molar-refractivity contribution in [3.63, 3.8) is 0 Å². The first-order chi connectivity index (χ1) is 11.6. The Morgan fingerprint density at radius 1 is 1.25 bits per heavy atom. The van der Waals surface area contributed by atoms with Crippen molar-refractivity contribution in [2.75, 3.05) is 0 Å². The molecule has 0 aliphatic rings. The van der Waals surface area contributed by atoms with Gasteiger partial charge in [0.25, 0.3) is 0 Å². The molecule has 2 nitrogen and oxygen atoms in total. The van der Waals surface area contributed by atoms with Crippen LogP contribution in [0.1, 0.15) is 16.8 Å². The fourth-order valence-corrected chi connectivity index (χ4v) is 4.34. The van der Waals surface area contributed by atoms with Gasteiger partial charge in [-0.1, -0.05) is 23.7 Å². The van der Waals surface area contributed by atoms with E-state index in [0.717, 1.165) is 38.4 Å². The van der Waals surface area contributed by atoms with E-state index in [1.54, 1.807) is 11.3 Å². The van der Waals surface area contributed by atoms with Crippen molar-refractivity contribution in [1.82, 2.24) is 9.38 Å². The summed E-state index contributed by atoms with van der Waals surface area (Å²) >= 11 is 11.5. The molecule has 0 unspecified atom stereocenters. The summed E-state index contributed by atoms with van der Waals surface area (Å²) in [5.74, 6) is 0. The summed E-state index contributed by atoms with van der Waals surface area (Å²) in [7, 11) is 0. The number of rotatable bonds is 3. The highest BCUT2D eigenvalue weighted by molar-refractivity contribution is 9.10. The predicted octanol–water partition coefficient (Wildman–Crippen LogP) is 6.38. The average Bonchev–Trinajstić information content (AvgIpc) is 3.17. The number of pyridine rings is 1. The third kappa shape index (κ3) is 2.90. The number of aryl methyl sites for hydroxylation is 1. The summed E-state index contributed by atoms with van der Waals surface area (Å²) in [6, 6.07) is 12.2. The Morgan fingerprint density at radius 2 is 2.12 bits per heavy atom. The van der Waals surface area contributed by atoms with Crippen LogP contribution < -0.4 is 0 Å². The quantitative estimate of drug-likeness (QED) is 0.378. The molecule has 0 amide bonds. The van der Waals surface area contributed by atoms with Gasteiger partial charge in [-0.2, -0.15) is 11.3 Å². The molecule has 4 aromatic rings. The summed E-state index contributed by atoms with van der Waals surface area (Å²) in [6.07, 6.45) is 2.92. The molecule has 5 heteroatoms. The maximum absolute atomic E-state index is 6.20. The molecule has 0 aliphatic carbocycles. The molecular formula is C19H14BrClN2S. The van der Waals surface area contributed by atoms with Gasteiger partial charge in [0.15, 0.2) is 0 Å². The molecule has 0 bridgehead atoms. The lowest BCUT2D eigenvalue weighted by Crippen LogP contribution is -1.97. The number of hydrogen-bond acceptors (Lipinski definition) is 2. The SMILES string of the molecule is Cc1cc(Br)cn2c(Cc3ccsc3)c(-c3cccc(Cl)c3)nc12. The van der Waals surface area contributed by atoms with Crippen molar-refractivity contribution in [3.05, 3.63) is 79.7 Å². The molecule has 0 saturated heterocycles. The maximum Gasteiger partial charge on any atom is 0.140 e. The minimum absolute atomic E-state index is 0.726. The van der Waals surface area contributed by atoms with E-state index in [2.05, 4.69) is 62.4 Å². The largest absolute Gasteiger partial charge is 0.302 e. The van der Waals surface area contributed by atoms with Gasteiger partial charge in [0.05, 0.1) is 11.4 Å². The van der Waals surface area contributed by atoms with Crippen LogP contribution in [0.4, 0.5) is 0 Å². The number of nitrogens with zero attached hydrogens (tertiary/aromatic N) is 2. The summed E-state index contributed by atoms with van der Waals surface area (Å²) in [5, 5.41) is 5.02. The number of imidazole rings is 1. The summed E-state index contributed by atoms with van der Waals surface area (Å²) in [6.45, 7) is 2.09. The Labute approximate surface area is 157 Å². The van der Waals surface area contributed by atoms with Crippen LogP contribution in [0, 0.1) is 6.92 Å². The van der Waals surface area contributed by atoms with Crippen LogP contribution in [0.25, 0.3) is 16.9 Å². The number of aromatic nitrogens is 2. The molecule has 0 spiro atoms. The first-order valence-corrected chi connectivity index (χ1v) is 9.67. The van der Waals surface area contributed by atoms with Gasteiger partial charge >= 0.3 is 0 Å². The molecule has 3 heterocycles. The highest BCUT2D eigenvalue weighted by atomic mass is 79.9. The van der Waals surface area contributed by atoms with Gasteiger partial charge in [-0.15, -0.1) is 0 Å². The number of thiophene rings is 1. The van der Waals surface area contributed by atoms with Crippen molar-refractivity contribution in [3.8, 4) is 11.3 Å². The van der Waals surface area contributed by atoms with Crippen molar-refractivity contribution < 1.29 is 0 Å². The predicted molar refractivity (Wildman–Crippen MR) is 105 cm³/mol. The second-order valence-corrected chi connectivity index (χ2v) is 7.89. The van der Waals surface area contributed by atoms with Crippen LogP contribution in [-0.2, 0) is 6.42 Å². The fraction of sp³-hybridized carbons (Fsp3) is 0.105. The first kappa shape index (κ1) is 15.9. The first-order valence-electron chi connectivity index (χ1n) is 7.56. The highest BCUT2D eigenvalue weighted by Gasteiger charge is 2.16. The van der Waals surface area contributed by atoms with E-state index >= 15 is 0 Å². The Kier molecular flexibility index (Phi) is 4.21. The molecule has 4 rings (SSSR count). The summed E-state index contributed by atoms with van der Waals surface area (Å²) in [5.41, 5.74) is 6.64. The van der Waals surface area contributed by atoms with Gasteiger partial charge in [-0.25, -0.2) is 4.98 Å². The topological polar surface area (TPSA) is 17.3 Å². The zero-order valence-electron chi connectivity index (χ0n) is 13.0. The number of benzene rings is 1. The third-order valence-corrected chi connectivity index (χ3v) is 5.42. The minimum atomic E-state index is 0.726. The van der Waals surface area contributed by atoms with Gasteiger partial charge in [0.1, 0.15) is 5.65 Å². The van der Waals surface area contributed by atoms with Crippen LogP contribution in [0.2, 0.25) is 5.02 Å². The van der Waals surface area contributed by atoms with E-state index in [0.29, 0.717) is 0 Å². The Bertz CT molecular complexity index is 1020. The van der Waals surface area contributed by atoms with Crippen LogP contribution in [-0.4, -0.2) is 9.38 Å². The van der Waals surface area contributed by atoms with E-state index in [9.17, 15) is 0 Å². The second-order valence-electron chi connectivity index (χ2n) is 5.76. The molecule has 24 heavy (non-hydrogen) atoms. The molecule has 1 aromatic carbocycles. The minimum Gasteiger partial charge on any atom is -0.302 e. The van der Waals surface area contributed by atoms with Crippen LogP contribution in [0.3, 0.4) is 0 Å². The van der Waals surface area contributed by atoms with E-state index in [-0.39, 0.29) is 0 Å². The summed E-state index contributed by atoms with van der Waals surface area (Å²) < 4.78 is 3.24. The molecule has 0 aliphatic heterocycles.